The van der Waals surface area contributed by atoms with Gasteiger partial charge in [-0.2, -0.15) is 0 Å². The molecule has 0 spiro atoms. The molecule has 2 rings (SSSR count). The Hall–Kier alpha value is -2.17. The number of carbonyl (C=O) groups excluding carboxylic acids is 2. The second kappa shape index (κ2) is 8.79. The van der Waals surface area contributed by atoms with Crippen LogP contribution in [0.2, 0.25) is 0 Å². The number of halogens is 1. The summed E-state index contributed by atoms with van der Waals surface area (Å²) in [4.78, 5) is 27.2. The summed E-state index contributed by atoms with van der Waals surface area (Å²) in [6.07, 6.45) is 0. The monoisotopic (exact) mass is 360 g/mol. The molecule has 0 heterocycles. The van der Waals surface area contributed by atoms with Crippen molar-refractivity contribution in [2.24, 2.45) is 11.1 Å². The molecular formula is C20H25ClN2O2. The molecule has 0 saturated carbocycles. The van der Waals surface area contributed by atoms with Crippen LogP contribution in [0.3, 0.4) is 0 Å². The summed E-state index contributed by atoms with van der Waals surface area (Å²) in [6, 6.07) is 15.9. The summed E-state index contributed by atoms with van der Waals surface area (Å²) in [6.45, 7) is 5.03. The lowest BCUT2D eigenvalue weighted by Crippen LogP contribution is -2.40. The summed E-state index contributed by atoms with van der Waals surface area (Å²) in [7, 11) is 1.74. The van der Waals surface area contributed by atoms with Crippen molar-refractivity contribution in [3.05, 3.63) is 71.3 Å². The maximum atomic E-state index is 12.8. The molecule has 0 unspecified atom stereocenters. The first-order valence-corrected chi connectivity index (χ1v) is 8.00. The number of ketones is 1. The van der Waals surface area contributed by atoms with Gasteiger partial charge in [-0.05, 0) is 18.0 Å². The second-order valence-corrected chi connectivity index (χ2v) is 6.77. The second-order valence-electron chi connectivity index (χ2n) is 6.77. The standard InChI is InChI=1S/C20H24N2O2.ClH/c1-20(2,13-21)14-22(3)19(24)17-12-8-7-11-16(17)18(23)15-9-5-4-6-10-15;/h4-12H,13-14,21H2,1-3H3;1H. The topological polar surface area (TPSA) is 63.4 Å². The molecule has 0 aromatic heterocycles. The number of hydrogen-bond acceptors (Lipinski definition) is 3. The van der Waals surface area contributed by atoms with Gasteiger partial charge in [0.2, 0.25) is 0 Å². The Kier molecular flexibility index (Phi) is 7.34. The van der Waals surface area contributed by atoms with E-state index in [-0.39, 0.29) is 29.5 Å². The Morgan fingerprint density at radius 1 is 0.960 bits per heavy atom. The summed E-state index contributed by atoms with van der Waals surface area (Å²) in [5.74, 6) is -0.317. The smallest absolute Gasteiger partial charge is 0.254 e. The minimum Gasteiger partial charge on any atom is -0.341 e. The van der Waals surface area contributed by atoms with Gasteiger partial charge in [0.1, 0.15) is 0 Å². The summed E-state index contributed by atoms with van der Waals surface area (Å²) >= 11 is 0. The maximum absolute atomic E-state index is 12.8. The molecule has 4 nitrogen and oxygen atoms in total. The van der Waals surface area contributed by atoms with Crippen molar-refractivity contribution in [1.29, 1.82) is 0 Å². The van der Waals surface area contributed by atoms with Crippen LogP contribution >= 0.6 is 12.4 Å². The van der Waals surface area contributed by atoms with E-state index in [2.05, 4.69) is 0 Å². The van der Waals surface area contributed by atoms with Crippen LogP contribution in [-0.4, -0.2) is 36.7 Å². The third-order valence-electron chi connectivity index (χ3n) is 4.00. The lowest BCUT2D eigenvalue weighted by atomic mass is 9.92. The van der Waals surface area contributed by atoms with Crippen LogP contribution in [0, 0.1) is 5.41 Å². The highest BCUT2D eigenvalue weighted by molar-refractivity contribution is 6.15. The Morgan fingerprint density at radius 2 is 1.48 bits per heavy atom. The molecule has 1 amide bonds. The van der Waals surface area contributed by atoms with Gasteiger partial charge >= 0.3 is 0 Å². The van der Waals surface area contributed by atoms with Crippen LogP contribution in [0.25, 0.3) is 0 Å². The molecule has 25 heavy (non-hydrogen) atoms. The molecule has 0 aliphatic heterocycles. The number of hydrogen-bond donors (Lipinski definition) is 1. The van der Waals surface area contributed by atoms with E-state index in [0.29, 0.717) is 29.8 Å². The molecule has 2 N–H and O–H groups in total. The average molecular weight is 361 g/mol. The highest BCUT2D eigenvalue weighted by atomic mass is 35.5. The SMILES string of the molecule is CN(CC(C)(C)CN)C(=O)c1ccccc1C(=O)c1ccccc1.Cl. The highest BCUT2D eigenvalue weighted by Gasteiger charge is 2.25. The summed E-state index contributed by atoms with van der Waals surface area (Å²) in [5, 5.41) is 0. The fourth-order valence-electron chi connectivity index (χ4n) is 2.60. The van der Waals surface area contributed by atoms with Gasteiger partial charge in [0.15, 0.2) is 5.78 Å². The first kappa shape index (κ1) is 20.9. The van der Waals surface area contributed by atoms with Crippen molar-refractivity contribution in [1.82, 2.24) is 4.90 Å². The molecule has 134 valence electrons. The average Bonchev–Trinajstić information content (AvgIpc) is 2.60. The summed E-state index contributed by atoms with van der Waals surface area (Å²) in [5.41, 5.74) is 6.99. The third-order valence-corrected chi connectivity index (χ3v) is 4.00. The third kappa shape index (κ3) is 5.15. The van der Waals surface area contributed by atoms with Crippen molar-refractivity contribution in [2.75, 3.05) is 20.1 Å². The predicted molar refractivity (Wildman–Crippen MR) is 103 cm³/mol. The number of benzene rings is 2. The van der Waals surface area contributed by atoms with Gasteiger partial charge in [0.05, 0.1) is 5.56 Å². The van der Waals surface area contributed by atoms with E-state index >= 15 is 0 Å². The fourth-order valence-corrected chi connectivity index (χ4v) is 2.60. The molecule has 0 bridgehead atoms. The Balaban J connectivity index is 0.00000312. The van der Waals surface area contributed by atoms with E-state index < -0.39 is 0 Å². The molecule has 0 aliphatic carbocycles. The largest absolute Gasteiger partial charge is 0.341 e. The molecular weight excluding hydrogens is 336 g/mol. The van der Waals surface area contributed by atoms with Gasteiger partial charge in [-0.1, -0.05) is 62.4 Å². The van der Waals surface area contributed by atoms with Crippen LogP contribution < -0.4 is 5.73 Å². The Morgan fingerprint density at radius 3 is 2.04 bits per heavy atom. The highest BCUT2D eigenvalue weighted by Crippen LogP contribution is 2.19. The molecule has 2 aromatic carbocycles. The van der Waals surface area contributed by atoms with Gasteiger partial charge < -0.3 is 10.6 Å². The van der Waals surface area contributed by atoms with Gasteiger partial charge in [-0.25, -0.2) is 0 Å². The zero-order chi connectivity index (χ0) is 17.7. The number of nitrogens with zero attached hydrogens (tertiary/aromatic N) is 1. The lowest BCUT2D eigenvalue weighted by Gasteiger charge is -2.29. The van der Waals surface area contributed by atoms with E-state index in [1.54, 1.807) is 48.3 Å². The van der Waals surface area contributed by atoms with Crippen LogP contribution in [0.1, 0.15) is 40.1 Å². The predicted octanol–water partition coefficient (Wildman–Crippen LogP) is 3.40. The minimum absolute atomic E-state index is 0. The van der Waals surface area contributed by atoms with E-state index in [1.807, 2.05) is 32.0 Å². The quantitative estimate of drug-likeness (QED) is 0.803. The molecule has 0 saturated heterocycles. The van der Waals surface area contributed by atoms with Crippen LogP contribution in [-0.2, 0) is 0 Å². The number of nitrogens with two attached hydrogens (primary N) is 1. The minimum atomic E-state index is -0.178. The van der Waals surface area contributed by atoms with Crippen LogP contribution in [0.15, 0.2) is 54.6 Å². The zero-order valence-electron chi connectivity index (χ0n) is 14.9. The van der Waals surface area contributed by atoms with E-state index in [1.165, 1.54) is 0 Å². The molecule has 2 aromatic rings. The molecule has 0 atom stereocenters. The molecule has 0 aliphatic rings. The number of carbonyl (C=O) groups is 2. The lowest BCUT2D eigenvalue weighted by molar-refractivity contribution is 0.0736. The molecule has 0 fully saturated rings. The van der Waals surface area contributed by atoms with Gasteiger partial charge in [-0.3, -0.25) is 9.59 Å². The van der Waals surface area contributed by atoms with Gasteiger partial charge in [-0.15, -0.1) is 12.4 Å². The van der Waals surface area contributed by atoms with Crippen molar-refractivity contribution in [3.8, 4) is 0 Å². The number of rotatable bonds is 6. The van der Waals surface area contributed by atoms with E-state index in [0.717, 1.165) is 0 Å². The van der Waals surface area contributed by atoms with Gasteiger partial charge in [0.25, 0.3) is 5.91 Å². The van der Waals surface area contributed by atoms with Crippen molar-refractivity contribution in [3.63, 3.8) is 0 Å². The Bertz CT molecular complexity index is 729. The van der Waals surface area contributed by atoms with Crippen molar-refractivity contribution < 1.29 is 9.59 Å². The first-order chi connectivity index (χ1) is 11.4. The van der Waals surface area contributed by atoms with Crippen molar-refractivity contribution >= 4 is 24.1 Å². The maximum Gasteiger partial charge on any atom is 0.254 e. The number of amides is 1. The Labute approximate surface area is 155 Å². The first-order valence-electron chi connectivity index (χ1n) is 8.00. The van der Waals surface area contributed by atoms with Crippen molar-refractivity contribution in [2.45, 2.75) is 13.8 Å². The summed E-state index contributed by atoms with van der Waals surface area (Å²) < 4.78 is 0. The van der Waals surface area contributed by atoms with E-state index in [9.17, 15) is 9.59 Å². The zero-order valence-corrected chi connectivity index (χ0v) is 15.7. The fraction of sp³-hybridized carbons (Fsp3) is 0.300. The molecule has 0 radical (unpaired) electrons. The normalized spacial score (nSPS) is 10.7. The molecule has 5 heteroatoms. The van der Waals surface area contributed by atoms with Crippen LogP contribution in [0.5, 0.6) is 0 Å². The van der Waals surface area contributed by atoms with E-state index in [4.69, 9.17) is 5.73 Å². The van der Waals surface area contributed by atoms with Crippen LogP contribution in [0.4, 0.5) is 0 Å². The van der Waals surface area contributed by atoms with Gasteiger partial charge in [0, 0.05) is 24.7 Å².